The third-order valence-corrected chi connectivity index (χ3v) is 9.40. The van der Waals surface area contributed by atoms with Crippen LogP contribution in [0.2, 0.25) is 18.1 Å². The maximum absolute atomic E-state index is 13.4. The average Bonchev–Trinajstić information content (AvgIpc) is 2.52. The Hall–Kier alpha value is -1.98. The second-order valence-electron chi connectivity index (χ2n) is 7.77. The zero-order valence-corrected chi connectivity index (χ0v) is 16.5. The van der Waals surface area contributed by atoms with Crippen LogP contribution in [0.15, 0.2) is 42.5 Å². The van der Waals surface area contributed by atoms with Crippen LogP contribution in [0.3, 0.4) is 0 Å². The Labute approximate surface area is 150 Å². The molecule has 0 saturated carbocycles. The lowest BCUT2D eigenvalue weighted by atomic mass is 9.99. The molecular formula is C20H26FNO2Si. The van der Waals surface area contributed by atoms with Gasteiger partial charge >= 0.3 is 0 Å². The molecular weight excluding hydrogens is 333 g/mol. The van der Waals surface area contributed by atoms with Crippen molar-refractivity contribution in [2.24, 2.45) is 0 Å². The Morgan fingerprint density at radius 3 is 2.40 bits per heavy atom. The second-order valence-corrected chi connectivity index (χ2v) is 12.6. The summed E-state index contributed by atoms with van der Waals surface area (Å²) < 4.78 is 19.6. The number of hydrogen-bond donors (Lipinski definition) is 1. The summed E-state index contributed by atoms with van der Waals surface area (Å²) in [5.74, 6) is -0.729. The van der Waals surface area contributed by atoms with Crippen LogP contribution >= 0.6 is 0 Å². The summed E-state index contributed by atoms with van der Waals surface area (Å²) in [5.41, 5.74) is 8.06. The summed E-state index contributed by atoms with van der Waals surface area (Å²) in [5, 5.41) is 0.0940. The number of rotatable bonds is 5. The van der Waals surface area contributed by atoms with E-state index < -0.39 is 14.1 Å². The molecule has 0 unspecified atom stereocenters. The predicted molar refractivity (Wildman–Crippen MR) is 103 cm³/mol. The van der Waals surface area contributed by atoms with Gasteiger partial charge in [-0.3, -0.25) is 4.79 Å². The van der Waals surface area contributed by atoms with E-state index in [1.807, 2.05) is 6.07 Å². The van der Waals surface area contributed by atoms with E-state index in [9.17, 15) is 9.18 Å². The largest absolute Gasteiger partial charge is 0.412 e. The molecule has 2 rings (SSSR count). The van der Waals surface area contributed by atoms with Gasteiger partial charge in [0.25, 0.3) is 0 Å². The monoisotopic (exact) mass is 359 g/mol. The first-order valence-corrected chi connectivity index (χ1v) is 11.3. The lowest BCUT2D eigenvalue weighted by Gasteiger charge is -2.36. The van der Waals surface area contributed by atoms with E-state index in [2.05, 4.69) is 33.9 Å². The Kier molecular flexibility index (Phi) is 5.49. The van der Waals surface area contributed by atoms with Crippen molar-refractivity contribution >= 4 is 19.8 Å². The van der Waals surface area contributed by atoms with E-state index in [4.69, 9.17) is 10.2 Å². The highest BCUT2D eigenvalue weighted by molar-refractivity contribution is 6.74. The van der Waals surface area contributed by atoms with Crippen molar-refractivity contribution in [1.29, 1.82) is 0 Å². The zero-order chi connectivity index (χ0) is 18.8. The van der Waals surface area contributed by atoms with Crippen LogP contribution in [0.5, 0.6) is 0 Å². The van der Waals surface area contributed by atoms with Gasteiger partial charge in [-0.1, -0.05) is 45.0 Å². The van der Waals surface area contributed by atoms with Crippen molar-refractivity contribution in [2.45, 2.75) is 45.5 Å². The average molecular weight is 360 g/mol. The first-order chi connectivity index (χ1) is 11.5. The maximum Gasteiger partial charge on any atom is 0.195 e. The first-order valence-electron chi connectivity index (χ1n) is 8.34. The smallest absolute Gasteiger partial charge is 0.195 e. The van der Waals surface area contributed by atoms with E-state index in [1.165, 1.54) is 18.2 Å². The molecule has 0 radical (unpaired) electrons. The molecule has 2 aromatic rings. The molecule has 3 nitrogen and oxygen atoms in total. The van der Waals surface area contributed by atoms with Crippen LogP contribution < -0.4 is 5.73 Å². The number of ketones is 1. The quantitative estimate of drug-likeness (QED) is 0.456. The highest BCUT2D eigenvalue weighted by atomic mass is 28.4. The Bertz CT molecular complexity index is 782. The molecule has 2 N–H and O–H groups in total. The van der Waals surface area contributed by atoms with Gasteiger partial charge in [-0.05, 0) is 36.3 Å². The summed E-state index contributed by atoms with van der Waals surface area (Å²) in [6, 6.07) is 11.0. The van der Waals surface area contributed by atoms with Gasteiger partial charge in [0.15, 0.2) is 14.1 Å². The topological polar surface area (TPSA) is 52.3 Å². The van der Waals surface area contributed by atoms with Crippen molar-refractivity contribution in [3.8, 4) is 0 Å². The lowest BCUT2D eigenvalue weighted by molar-refractivity contribution is 0.103. The molecule has 25 heavy (non-hydrogen) atoms. The predicted octanol–water partition coefficient (Wildman–Crippen LogP) is 5.16. The van der Waals surface area contributed by atoms with Crippen LogP contribution in [-0.4, -0.2) is 14.1 Å². The van der Waals surface area contributed by atoms with Gasteiger partial charge in [0.2, 0.25) is 0 Å². The number of halogens is 1. The first kappa shape index (κ1) is 19.3. The third-order valence-electron chi connectivity index (χ3n) is 4.92. The summed E-state index contributed by atoms with van der Waals surface area (Å²) in [6.07, 6.45) is 0. The van der Waals surface area contributed by atoms with Gasteiger partial charge in [0.05, 0.1) is 6.61 Å². The number of anilines is 1. The number of para-hydroxylation sites is 1. The number of hydrogen-bond acceptors (Lipinski definition) is 3. The van der Waals surface area contributed by atoms with Crippen molar-refractivity contribution in [3.05, 3.63) is 65.0 Å². The van der Waals surface area contributed by atoms with Gasteiger partial charge in [0, 0.05) is 22.4 Å². The third kappa shape index (κ3) is 4.35. The van der Waals surface area contributed by atoms with Crippen LogP contribution in [0.4, 0.5) is 10.1 Å². The van der Waals surface area contributed by atoms with Crippen LogP contribution in [-0.2, 0) is 11.0 Å². The Balaban J connectivity index is 2.27. The molecule has 5 heteroatoms. The molecule has 0 spiro atoms. The van der Waals surface area contributed by atoms with Gasteiger partial charge in [-0.25, -0.2) is 4.39 Å². The van der Waals surface area contributed by atoms with Crippen molar-refractivity contribution in [1.82, 2.24) is 0 Å². The van der Waals surface area contributed by atoms with E-state index in [1.54, 1.807) is 18.2 Å². The van der Waals surface area contributed by atoms with Gasteiger partial charge < -0.3 is 10.2 Å². The minimum atomic E-state index is -1.92. The van der Waals surface area contributed by atoms with E-state index >= 15 is 0 Å². The minimum absolute atomic E-state index is 0.0940. The summed E-state index contributed by atoms with van der Waals surface area (Å²) in [6.45, 7) is 11.2. The van der Waals surface area contributed by atoms with Crippen molar-refractivity contribution in [3.63, 3.8) is 0 Å². The van der Waals surface area contributed by atoms with E-state index in [-0.39, 0.29) is 16.4 Å². The fraction of sp³-hybridized carbons (Fsp3) is 0.350. The molecule has 0 fully saturated rings. The van der Waals surface area contributed by atoms with Gasteiger partial charge in [0.1, 0.15) is 5.82 Å². The molecule has 0 aromatic heterocycles. The summed E-state index contributed by atoms with van der Waals surface area (Å²) in [7, 11) is -1.92. The number of nitrogens with two attached hydrogens (primary N) is 1. The molecule has 2 aromatic carbocycles. The fourth-order valence-electron chi connectivity index (χ4n) is 2.20. The molecule has 0 atom stereocenters. The molecule has 0 aliphatic heterocycles. The fourth-order valence-corrected chi connectivity index (χ4v) is 3.15. The Morgan fingerprint density at radius 2 is 1.80 bits per heavy atom. The number of benzene rings is 2. The highest BCUT2D eigenvalue weighted by Gasteiger charge is 2.37. The maximum atomic E-state index is 13.4. The molecule has 0 heterocycles. The van der Waals surface area contributed by atoms with Crippen LogP contribution in [0.1, 0.15) is 42.3 Å². The molecule has 0 saturated heterocycles. The lowest BCUT2D eigenvalue weighted by Crippen LogP contribution is -2.40. The normalized spacial score (nSPS) is 12.2. The second kappa shape index (κ2) is 7.10. The van der Waals surface area contributed by atoms with Gasteiger partial charge in [-0.15, -0.1) is 0 Å². The molecule has 0 bridgehead atoms. The minimum Gasteiger partial charge on any atom is -0.412 e. The number of nitrogen functional groups attached to an aromatic ring is 1. The molecule has 0 aliphatic rings. The van der Waals surface area contributed by atoms with Crippen molar-refractivity contribution < 1.29 is 13.6 Å². The number of carbonyl (C=O) groups excluding carboxylic acids is 1. The van der Waals surface area contributed by atoms with Crippen LogP contribution in [0.25, 0.3) is 0 Å². The summed E-state index contributed by atoms with van der Waals surface area (Å²) >= 11 is 0. The molecule has 0 amide bonds. The molecule has 134 valence electrons. The van der Waals surface area contributed by atoms with E-state index in [0.29, 0.717) is 17.9 Å². The van der Waals surface area contributed by atoms with Crippen LogP contribution in [0, 0.1) is 5.82 Å². The highest BCUT2D eigenvalue weighted by Crippen LogP contribution is 2.37. The molecule has 0 aliphatic carbocycles. The van der Waals surface area contributed by atoms with E-state index in [0.717, 1.165) is 5.56 Å². The summed E-state index contributed by atoms with van der Waals surface area (Å²) in [4.78, 5) is 12.7. The van der Waals surface area contributed by atoms with Gasteiger partial charge in [-0.2, -0.15) is 0 Å². The Morgan fingerprint density at radius 1 is 1.16 bits per heavy atom. The zero-order valence-electron chi connectivity index (χ0n) is 15.5. The SMILES string of the molecule is CC(C)(C)[Si](C)(C)OCc1cccc(C(=O)c2cccc(F)c2)c1N. The standard InChI is InChI=1S/C20H26FNO2Si/c1-20(2,3)25(4,5)24-13-15-9-7-11-17(18(15)22)19(23)14-8-6-10-16(21)12-14/h6-12H,13,22H2,1-5H3. The van der Waals surface area contributed by atoms with Crippen molar-refractivity contribution in [2.75, 3.05) is 5.73 Å². The number of carbonyl (C=O) groups is 1.